The molecule has 0 aliphatic carbocycles. The van der Waals surface area contributed by atoms with E-state index in [1.54, 1.807) is 0 Å². The van der Waals surface area contributed by atoms with Crippen LogP contribution in [0.25, 0.3) is 0 Å². The molecule has 0 radical (unpaired) electrons. The van der Waals surface area contributed by atoms with E-state index in [4.69, 9.17) is 0 Å². The summed E-state index contributed by atoms with van der Waals surface area (Å²) < 4.78 is 0. The van der Waals surface area contributed by atoms with E-state index in [0.29, 0.717) is 11.6 Å². The van der Waals surface area contributed by atoms with Gasteiger partial charge in [-0.1, -0.05) is 20.8 Å². The van der Waals surface area contributed by atoms with Crippen molar-refractivity contribution >= 4 is 0 Å². The summed E-state index contributed by atoms with van der Waals surface area (Å²) in [5, 5.41) is 0. The molecule has 0 aromatic carbocycles. The van der Waals surface area contributed by atoms with E-state index in [1.165, 1.54) is 0 Å². The van der Waals surface area contributed by atoms with E-state index >= 15 is 0 Å². The van der Waals surface area contributed by atoms with Gasteiger partial charge in [-0.2, -0.15) is 0 Å². The Morgan fingerprint density at radius 3 is 2.20 bits per heavy atom. The van der Waals surface area contributed by atoms with Crippen LogP contribution in [0.3, 0.4) is 0 Å². The Morgan fingerprint density at radius 1 is 1.40 bits per heavy atom. The minimum Gasteiger partial charge on any atom is -0.276 e. The molecule has 1 atom stereocenters. The van der Waals surface area contributed by atoms with Gasteiger partial charge >= 0.3 is 0 Å². The lowest BCUT2D eigenvalue weighted by atomic mass is 9.92. The van der Waals surface area contributed by atoms with Gasteiger partial charge in [0, 0.05) is 0 Å². The highest BCUT2D eigenvalue weighted by Gasteiger charge is 2.31. The standard InChI is InChI=1S/C7H17N3/c1-7(2,3)6-9-8-5-10(6)4/h6,8-9H,5H2,1-4H3. The van der Waals surface area contributed by atoms with Crippen molar-refractivity contribution in [1.82, 2.24) is 15.8 Å². The smallest absolute Gasteiger partial charge is 0.0786 e. The molecule has 1 saturated heterocycles. The zero-order valence-electron chi connectivity index (χ0n) is 7.23. The zero-order chi connectivity index (χ0) is 7.78. The third kappa shape index (κ3) is 1.48. The van der Waals surface area contributed by atoms with Crippen LogP contribution in [0.2, 0.25) is 0 Å². The maximum atomic E-state index is 3.22. The second kappa shape index (κ2) is 2.49. The Bertz CT molecular complexity index is 117. The summed E-state index contributed by atoms with van der Waals surface area (Å²) in [4.78, 5) is 2.26. The molecule has 1 aliphatic rings. The molecule has 3 heteroatoms. The Labute approximate surface area is 62.8 Å². The SMILES string of the molecule is CN1CNNC1C(C)(C)C. The second-order valence-electron chi connectivity index (χ2n) is 4.00. The number of rotatable bonds is 0. The molecule has 60 valence electrons. The van der Waals surface area contributed by atoms with E-state index in [-0.39, 0.29) is 0 Å². The van der Waals surface area contributed by atoms with Crippen molar-refractivity contribution in [3.05, 3.63) is 0 Å². The predicted octanol–water partition coefficient (Wildman–Crippen LogP) is 0.356. The van der Waals surface area contributed by atoms with Gasteiger partial charge in [-0.25, -0.2) is 10.9 Å². The summed E-state index contributed by atoms with van der Waals surface area (Å²) in [6, 6.07) is 0. The fraction of sp³-hybridized carbons (Fsp3) is 1.00. The van der Waals surface area contributed by atoms with Crippen LogP contribution in [-0.2, 0) is 0 Å². The molecule has 1 aliphatic heterocycles. The molecule has 1 heterocycles. The first-order valence-corrected chi connectivity index (χ1v) is 3.70. The lowest BCUT2D eigenvalue weighted by Crippen LogP contribution is -2.45. The predicted molar refractivity (Wildman–Crippen MR) is 42.1 cm³/mol. The molecular formula is C7H17N3. The number of nitrogens with one attached hydrogen (secondary N) is 2. The average Bonchev–Trinajstić information content (AvgIpc) is 2.11. The second-order valence-corrected chi connectivity index (χ2v) is 4.00. The van der Waals surface area contributed by atoms with E-state index in [0.717, 1.165) is 6.67 Å². The van der Waals surface area contributed by atoms with Crippen molar-refractivity contribution in [2.45, 2.75) is 26.9 Å². The van der Waals surface area contributed by atoms with E-state index in [1.807, 2.05) is 0 Å². The molecule has 10 heavy (non-hydrogen) atoms. The number of nitrogens with zero attached hydrogens (tertiary/aromatic N) is 1. The fourth-order valence-electron chi connectivity index (χ4n) is 1.35. The lowest BCUT2D eigenvalue weighted by Gasteiger charge is -2.31. The van der Waals surface area contributed by atoms with E-state index in [2.05, 4.69) is 43.6 Å². The summed E-state index contributed by atoms with van der Waals surface area (Å²) in [5.74, 6) is 0. The van der Waals surface area contributed by atoms with Gasteiger partial charge in [0.25, 0.3) is 0 Å². The molecule has 3 nitrogen and oxygen atoms in total. The first-order valence-electron chi connectivity index (χ1n) is 3.70. The Morgan fingerprint density at radius 2 is 2.00 bits per heavy atom. The van der Waals surface area contributed by atoms with Crippen LogP contribution in [0, 0.1) is 5.41 Å². The molecule has 0 aromatic heterocycles. The highest BCUT2D eigenvalue weighted by molar-refractivity contribution is 4.80. The maximum Gasteiger partial charge on any atom is 0.0786 e. The van der Waals surface area contributed by atoms with Gasteiger partial charge in [0.1, 0.15) is 0 Å². The van der Waals surface area contributed by atoms with Crippen LogP contribution in [0.5, 0.6) is 0 Å². The fourth-order valence-corrected chi connectivity index (χ4v) is 1.35. The summed E-state index contributed by atoms with van der Waals surface area (Å²) in [6.45, 7) is 7.62. The summed E-state index contributed by atoms with van der Waals surface area (Å²) in [7, 11) is 2.11. The van der Waals surface area contributed by atoms with Gasteiger partial charge in [0.05, 0.1) is 12.8 Å². The number of hydrogen-bond acceptors (Lipinski definition) is 3. The van der Waals surface area contributed by atoms with Gasteiger partial charge < -0.3 is 0 Å². The molecule has 1 rings (SSSR count). The molecule has 2 N–H and O–H groups in total. The zero-order valence-corrected chi connectivity index (χ0v) is 7.23. The van der Waals surface area contributed by atoms with Crippen molar-refractivity contribution in [3.8, 4) is 0 Å². The quantitative estimate of drug-likeness (QED) is 0.512. The largest absolute Gasteiger partial charge is 0.276 e. The Hall–Kier alpha value is -0.120. The Kier molecular flexibility index (Phi) is 1.99. The summed E-state index contributed by atoms with van der Waals surface area (Å²) >= 11 is 0. The van der Waals surface area contributed by atoms with Crippen molar-refractivity contribution < 1.29 is 0 Å². The van der Waals surface area contributed by atoms with Gasteiger partial charge in [0.15, 0.2) is 0 Å². The molecule has 0 amide bonds. The van der Waals surface area contributed by atoms with Gasteiger partial charge in [-0.15, -0.1) is 0 Å². The van der Waals surface area contributed by atoms with Crippen LogP contribution in [0.4, 0.5) is 0 Å². The van der Waals surface area contributed by atoms with Gasteiger partial charge in [-0.3, -0.25) is 4.90 Å². The number of hydrazine groups is 1. The van der Waals surface area contributed by atoms with Crippen molar-refractivity contribution in [3.63, 3.8) is 0 Å². The average molecular weight is 143 g/mol. The Balaban J connectivity index is 2.55. The van der Waals surface area contributed by atoms with Crippen LogP contribution in [0.1, 0.15) is 20.8 Å². The molecular weight excluding hydrogens is 126 g/mol. The third-order valence-corrected chi connectivity index (χ3v) is 1.83. The van der Waals surface area contributed by atoms with Crippen LogP contribution in [0.15, 0.2) is 0 Å². The summed E-state index contributed by atoms with van der Waals surface area (Å²) in [6.07, 6.45) is 0.451. The molecule has 0 spiro atoms. The van der Waals surface area contributed by atoms with Crippen molar-refractivity contribution in [2.75, 3.05) is 13.7 Å². The molecule has 1 fully saturated rings. The monoisotopic (exact) mass is 143 g/mol. The first kappa shape index (κ1) is 7.98. The lowest BCUT2D eigenvalue weighted by molar-refractivity contribution is 0.152. The van der Waals surface area contributed by atoms with Crippen LogP contribution >= 0.6 is 0 Å². The van der Waals surface area contributed by atoms with Gasteiger partial charge in [-0.05, 0) is 12.5 Å². The van der Waals surface area contributed by atoms with Crippen LogP contribution in [-0.4, -0.2) is 24.8 Å². The molecule has 0 bridgehead atoms. The highest BCUT2D eigenvalue weighted by Crippen LogP contribution is 2.22. The summed E-state index contributed by atoms with van der Waals surface area (Å²) in [5.41, 5.74) is 6.63. The normalized spacial score (nSPS) is 29.4. The molecule has 0 aromatic rings. The van der Waals surface area contributed by atoms with Crippen LogP contribution < -0.4 is 10.9 Å². The van der Waals surface area contributed by atoms with E-state index < -0.39 is 0 Å². The van der Waals surface area contributed by atoms with E-state index in [9.17, 15) is 0 Å². The topological polar surface area (TPSA) is 27.3 Å². The van der Waals surface area contributed by atoms with Gasteiger partial charge in [0.2, 0.25) is 0 Å². The third-order valence-electron chi connectivity index (χ3n) is 1.83. The highest BCUT2D eigenvalue weighted by atomic mass is 15.6. The molecule has 1 unspecified atom stereocenters. The maximum absolute atomic E-state index is 3.22. The minimum atomic E-state index is 0.304. The molecule has 0 saturated carbocycles. The van der Waals surface area contributed by atoms with Crippen molar-refractivity contribution in [2.24, 2.45) is 5.41 Å². The first-order chi connectivity index (χ1) is 4.52. The number of hydrogen-bond donors (Lipinski definition) is 2. The minimum absolute atomic E-state index is 0.304. The van der Waals surface area contributed by atoms with Crippen molar-refractivity contribution in [1.29, 1.82) is 0 Å².